The highest BCUT2D eigenvalue weighted by Crippen LogP contribution is 2.40. The SMILES string of the molecule is CCN(CC)CC.Cc1c(N)c2c(OCC(=O)OC(C)(C)C)c3c(=O)c(=O)c3cc2n1CCCS(=O)(=O)O. The third-order valence-electron chi connectivity index (χ3n) is 6.17. The Morgan fingerprint density at radius 3 is 2.13 bits per heavy atom. The van der Waals surface area contributed by atoms with E-state index in [1.54, 1.807) is 32.3 Å². The lowest BCUT2D eigenvalue weighted by atomic mass is 10.0. The molecule has 12 heteroatoms. The lowest BCUT2D eigenvalue weighted by molar-refractivity contribution is -0.157. The number of hydrogen-bond donors (Lipinski definition) is 2. The number of esters is 1. The number of nitrogens with zero attached hydrogens (tertiary/aromatic N) is 2. The molecule has 0 aliphatic carbocycles. The van der Waals surface area contributed by atoms with Gasteiger partial charge >= 0.3 is 5.97 Å². The molecule has 0 atom stereocenters. The van der Waals surface area contributed by atoms with Gasteiger partial charge in [-0.3, -0.25) is 14.1 Å². The molecule has 3 aromatic rings. The number of carbonyl (C=O) groups is 1. The maximum atomic E-state index is 12.2. The second-order valence-corrected chi connectivity index (χ2v) is 11.5. The molecule has 0 spiro atoms. The van der Waals surface area contributed by atoms with E-state index in [1.807, 2.05) is 0 Å². The molecule has 1 heterocycles. The molecule has 38 heavy (non-hydrogen) atoms. The van der Waals surface area contributed by atoms with Crippen LogP contribution in [0, 0.1) is 6.92 Å². The summed E-state index contributed by atoms with van der Waals surface area (Å²) < 4.78 is 43.6. The van der Waals surface area contributed by atoms with Crippen LogP contribution in [0.3, 0.4) is 0 Å². The van der Waals surface area contributed by atoms with E-state index in [0.29, 0.717) is 16.6 Å². The molecule has 0 aliphatic rings. The van der Waals surface area contributed by atoms with Gasteiger partial charge in [0.2, 0.25) is 10.9 Å². The largest absolute Gasteiger partial charge is 0.480 e. The molecule has 3 N–H and O–H groups in total. The van der Waals surface area contributed by atoms with E-state index in [1.165, 1.54) is 25.7 Å². The summed E-state index contributed by atoms with van der Waals surface area (Å²) in [7, 11) is -4.13. The van der Waals surface area contributed by atoms with Gasteiger partial charge in [-0.1, -0.05) is 20.8 Å². The first-order valence-corrected chi connectivity index (χ1v) is 14.2. The number of anilines is 1. The van der Waals surface area contributed by atoms with E-state index in [0.717, 1.165) is 0 Å². The summed E-state index contributed by atoms with van der Waals surface area (Å²) in [6, 6.07) is 1.51. The fraction of sp³-hybridized carbons (Fsp3) is 0.577. The van der Waals surface area contributed by atoms with Gasteiger partial charge < -0.3 is 24.7 Å². The Labute approximate surface area is 222 Å². The molecular formula is C26H39N3O8S. The van der Waals surface area contributed by atoms with E-state index in [-0.39, 0.29) is 35.2 Å². The number of carbonyl (C=O) groups excluding carboxylic acids is 1. The molecule has 11 nitrogen and oxygen atoms in total. The second kappa shape index (κ2) is 12.3. The van der Waals surface area contributed by atoms with Crippen molar-refractivity contribution in [1.29, 1.82) is 0 Å². The molecule has 0 bridgehead atoms. The number of rotatable bonds is 10. The molecule has 1 aromatic heterocycles. The van der Waals surface area contributed by atoms with Crippen LogP contribution in [0.4, 0.5) is 5.69 Å². The molecule has 212 valence electrons. The van der Waals surface area contributed by atoms with Crippen molar-refractivity contribution in [2.75, 3.05) is 37.7 Å². The summed E-state index contributed by atoms with van der Waals surface area (Å²) in [6.45, 7) is 16.6. The van der Waals surface area contributed by atoms with Crippen molar-refractivity contribution in [3.63, 3.8) is 0 Å². The molecule has 0 amide bonds. The molecule has 3 rings (SSSR count). The second-order valence-electron chi connectivity index (χ2n) is 9.97. The molecule has 2 aromatic carbocycles. The van der Waals surface area contributed by atoms with Gasteiger partial charge in [0.25, 0.3) is 10.1 Å². The lowest BCUT2D eigenvalue weighted by Gasteiger charge is -2.20. The normalized spacial score (nSPS) is 12.2. The van der Waals surface area contributed by atoms with Crippen LogP contribution in [-0.2, 0) is 26.2 Å². The summed E-state index contributed by atoms with van der Waals surface area (Å²) in [5, 5.41) is 0.556. The Bertz CT molecular complexity index is 1470. The highest BCUT2D eigenvalue weighted by Gasteiger charge is 2.27. The Kier molecular flexibility index (Phi) is 10.1. The van der Waals surface area contributed by atoms with E-state index in [9.17, 15) is 22.8 Å². The zero-order valence-electron chi connectivity index (χ0n) is 23.2. The van der Waals surface area contributed by atoms with Crippen molar-refractivity contribution in [2.45, 2.75) is 67.0 Å². The minimum absolute atomic E-state index is 0.0251. The van der Waals surface area contributed by atoms with Crippen molar-refractivity contribution in [2.24, 2.45) is 0 Å². The van der Waals surface area contributed by atoms with E-state index >= 15 is 0 Å². The summed E-state index contributed by atoms with van der Waals surface area (Å²) in [5.41, 5.74) is 5.42. The van der Waals surface area contributed by atoms with Crippen LogP contribution in [0.15, 0.2) is 15.7 Å². The van der Waals surface area contributed by atoms with Crippen LogP contribution in [0.1, 0.15) is 53.7 Å². The Hall–Kier alpha value is -2.96. The van der Waals surface area contributed by atoms with Crippen LogP contribution >= 0.6 is 0 Å². The summed E-state index contributed by atoms with van der Waals surface area (Å²) in [5.74, 6) is -1.08. The standard InChI is InChI=1S/C20H24N2O8S.C6H15N/c1-10-16(21)15-12(22(10)6-5-7-31(26,27)28)8-11-14(18(25)17(11)24)19(15)29-9-13(23)30-20(2,3)4;1-4-7(5-2)6-3/h8H,5-7,9,21H2,1-4H3,(H,26,27,28);4-6H2,1-3H3. The highest BCUT2D eigenvalue weighted by atomic mass is 32.2. The first-order chi connectivity index (χ1) is 17.6. The predicted octanol–water partition coefficient (Wildman–Crippen LogP) is 2.63. The van der Waals surface area contributed by atoms with Crippen molar-refractivity contribution >= 4 is 43.5 Å². The van der Waals surface area contributed by atoms with Gasteiger partial charge in [-0.15, -0.1) is 0 Å². The number of nitrogens with two attached hydrogens (primary N) is 1. The quantitative estimate of drug-likeness (QED) is 0.217. The molecule has 0 aliphatic heterocycles. The van der Waals surface area contributed by atoms with Crippen molar-refractivity contribution in [1.82, 2.24) is 9.47 Å². The zero-order valence-corrected chi connectivity index (χ0v) is 24.0. The van der Waals surface area contributed by atoms with Crippen molar-refractivity contribution < 1.29 is 27.2 Å². The minimum atomic E-state index is -4.13. The van der Waals surface area contributed by atoms with Crippen LogP contribution in [0.25, 0.3) is 21.7 Å². The van der Waals surface area contributed by atoms with Crippen molar-refractivity contribution in [3.05, 3.63) is 32.2 Å². The van der Waals surface area contributed by atoms with E-state index < -0.39 is 44.9 Å². The number of aryl methyl sites for hydroxylation is 1. The van der Waals surface area contributed by atoms with Crippen LogP contribution < -0.4 is 21.3 Å². The number of ether oxygens (including phenoxy) is 2. The Morgan fingerprint density at radius 1 is 1.08 bits per heavy atom. The molecular weight excluding hydrogens is 514 g/mol. The van der Waals surface area contributed by atoms with Gasteiger partial charge in [0.15, 0.2) is 6.61 Å². The summed E-state index contributed by atoms with van der Waals surface area (Å²) in [4.78, 5) is 38.7. The molecule has 0 radical (unpaired) electrons. The Balaban J connectivity index is 0.000000638. The monoisotopic (exact) mass is 553 g/mol. The van der Waals surface area contributed by atoms with Gasteiger partial charge in [-0.25, -0.2) is 4.79 Å². The van der Waals surface area contributed by atoms with Crippen LogP contribution in [0.5, 0.6) is 5.75 Å². The Morgan fingerprint density at radius 2 is 1.66 bits per heavy atom. The average Bonchev–Trinajstić information content (AvgIpc) is 3.06. The predicted molar refractivity (Wildman–Crippen MR) is 149 cm³/mol. The number of fused-ring (bicyclic) bond motifs is 2. The van der Waals surface area contributed by atoms with Crippen LogP contribution in [0.2, 0.25) is 0 Å². The molecule has 0 saturated carbocycles. The third-order valence-corrected chi connectivity index (χ3v) is 6.98. The number of aromatic nitrogens is 1. The van der Waals surface area contributed by atoms with Gasteiger partial charge in [0.05, 0.1) is 27.7 Å². The fourth-order valence-corrected chi connectivity index (χ4v) is 4.71. The molecule has 0 saturated heterocycles. The van der Waals surface area contributed by atoms with Crippen LogP contribution in [-0.4, -0.2) is 66.0 Å². The van der Waals surface area contributed by atoms with E-state index in [4.69, 9.17) is 19.8 Å². The van der Waals surface area contributed by atoms with Gasteiger partial charge in [-0.2, -0.15) is 8.42 Å². The lowest BCUT2D eigenvalue weighted by Crippen LogP contribution is -2.32. The van der Waals surface area contributed by atoms with Gasteiger partial charge in [0, 0.05) is 17.6 Å². The van der Waals surface area contributed by atoms with Gasteiger partial charge in [0.1, 0.15) is 11.4 Å². The maximum Gasteiger partial charge on any atom is 0.344 e. The van der Waals surface area contributed by atoms with Gasteiger partial charge in [-0.05, 0) is 59.8 Å². The van der Waals surface area contributed by atoms with Crippen molar-refractivity contribution in [3.8, 4) is 5.75 Å². The van der Waals surface area contributed by atoms with E-state index in [2.05, 4.69) is 25.7 Å². The highest BCUT2D eigenvalue weighted by molar-refractivity contribution is 7.85. The maximum absolute atomic E-state index is 12.2. The smallest absolute Gasteiger partial charge is 0.344 e. The molecule has 0 fully saturated rings. The number of nitrogen functional groups attached to an aromatic ring is 1. The summed E-state index contributed by atoms with van der Waals surface area (Å²) in [6.07, 6.45) is 0.0982. The average molecular weight is 554 g/mol. The zero-order chi connectivity index (χ0) is 29.0. The first-order valence-electron chi connectivity index (χ1n) is 12.6. The summed E-state index contributed by atoms with van der Waals surface area (Å²) >= 11 is 0. The number of benzene rings is 1. The third kappa shape index (κ3) is 7.33. The number of hydrogen-bond acceptors (Lipinski definition) is 9. The first kappa shape index (κ1) is 31.3. The minimum Gasteiger partial charge on any atom is -0.480 e. The molecule has 0 unspecified atom stereocenters. The fourth-order valence-electron chi connectivity index (χ4n) is 4.21. The topological polar surface area (TPSA) is 158 Å².